The maximum atomic E-state index is 12.1. The number of hydrogen-bond acceptors (Lipinski definition) is 5. The number of fused-ring (bicyclic) bond motifs is 1. The number of hydrogen-bond donors (Lipinski definition) is 0. The number of rotatable bonds is 5. The lowest BCUT2D eigenvalue weighted by Crippen LogP contribution is -2.45. The van der Waals surface area contributed by atoms with Crippen LogP contribution in [0.15, 0.2) is 70.3 Å². The van der Waals surface area contributed by atoms with Crippen molar-refractivity contribution >= 4 is 16.8 Å². The predicted octanol–water partition coefficient (Wildman–Crippen LogP) is 2.72. The van der Waals surface area contributed by atoms with Crippen LogP contribution >= 0.6 is 0 Å². The van der Waals surface area contributed by atoms with Crippen molar-refractivity contribution in [3.05, 3.63) is 71.6 Å². The Hall–Kier alpha value is -3.02. The minimum absolute atomic E-state index is 0.304. The van der Waals surface area contributed by atoms with E-state index in [-0.39, 0.29) is 5.76 Å². The van der Waals surface area contributed by atoms with E-state index < -0.39 is 0 Å². The maximum absolute atomic E-state index is 12.1. The Morgan fingerprint density at radius 3 is 2.58 bits per heavy atom. The highest BCUT2D eigenvalue weighted by molar-refractivity contribution is 5.72. The van der Waals surface area contributed by atoms with E-state index in [2.05, 4.69) is 21.4 Å². The first-order chi connectivity index (χ1) is 12.7. The summed E-state index contributed by atoms with van der Waals surface area (Å²) in [5.74, 6) is -0.304. The number of piperazine rings is 1. The molecule has 1 fully saturated rings. The molecule has 2 aromatic heterocycles. The van der Waals surface area contributed by atoms with Crippen LogP contribution in [0.2, 0.25) is 0 Å². The SMILES string of the molecule is C=C(CCn1c(=O)oc2ccccc21)N1CCN(c2ccncc2)CC1. The fraction of sp³-hybridized carbons (Fsp3) is 0.300. The van der Waals surface area contributed by atoms with E-state index in [9.17, 15) is 4.79 Å². The van der Waals surface area contributed by atoms with Crippen molar-refractivity contribution < 1.29 is 4.42 Å². The number of oxazole rings is 1. The summed E-state index contributed by atoms with van der Waals surface area (Å²) < 4.78 is 6.98. The topological polar surface area (TPSA) is 54.5 Å². The lowest BCUT2D eigenvalue weighted by molar-refractivity contribution is 0.308. The van der Waals surface area contributed by atoms with Gasteiger partial charge >= 0.3 is 5.76 Å². The number of benzene rings is 1. The molecule has 0 bridgehead atoms. The van der Waals surface area contributed by atoms with E-state index in [4.69, 9.17) is 4.42 Å². The van der Waals surface area contributed by atoms with Crippen molar-refractivity contribution in [1.29, 1.82) is 0 Å². The number of allylic oxidation sites excluding steroid dienone is 1. The fourth-order valence-electron chi connectivity index (χ4n) is 3.46. The highest BCUT2D eigenvalue weighted by Gasteiger charge is 2.18. The molecule has 0 radical (unpaired) electrons. The third-order valence-corrected chi connectivity index (χ3v) is 4.95. The molecule has 134 valence electrons. The second-order valence-electron chi connectivity index (χ2n) is 6.48. The van der Waals surface area contributed by atoms with Crippen molar-refractivity contribution in [1.82, 2.24) is 14.5 Å². The van der Waals surface area contributed by atoms with Crippen molar-refractivity contribution in [2.45, 2.75) is 13.0 Å². The lowest BCUT2D eigenvalue weighted by Gasteiger charge is -2.38. The first kappa shape index (κ1) is 16.4. The molecule has 6 nitrogen and oxygen atoms in total. The van der Waals surface area contributed by atoms with Crippen LogP contribution in [0.4, 0.5) is 5.69 Å². The molecule has 1 aliphatic heterocycles. The van der Waals surface area contributed by atoms with Gasteiger partial charge in [0.15, 0.2) is 5.58 Å². The fourth-order valence-corrected chi connectivity index (χ4v) is 3.46. The van der Waals surface area contributed by atoms with E-state index in [1.165, 1.54) is 5.69 Å². The zero-order chi connectivity index (χ0) is 17.9. The Morgan fingerprint density at radius 2 is 1.81 bits per heavy atom. The molecule has 0 unspecified atom stereocenters. The van der Waals surface area contributed by atoms with Crippen molar-refractivity contribution in [3.63, 3.8) is 0 Å². The second-order valence-corrected chi connectivity index (χ2v) is 6.48. The number of aryl methyl sites for hydroxylation is 1. The minimum atomic E-state index is -0.304. The van der Waals surface area contributed by atoms with Crippen LogP contribution < -0.4 is 10.7 Å². The zero-order valence-electron chi connectivity index (χ0n) is 14.7. The van der Waals surface area contributed by atoms with Gasteiger partial charge in [-0.3, -0.25) is 9.55 Å². The molecule has 0 N–H and O–H groups in total. The summed E-state index contributed by atoms with van der Waals surface area (Å²) in [6.07, 6.45) is 4.39. The number of pyridine rings is 1. The van der Waals surface area contributed by atoms with Crippen molar-refractivity contribution in [2.24, 2.45) is 0 Å². The first-order valence-electron chi connectivity index (χ1n) is 8.88. The largest absolute Gasteiger partial charge is 0.419 e. The highest BCUT2D eigenvalue weighted by Crippen LogP contribution is 2.19. The van der Waals surface area contributed by atoms with Gasteiger partial charge in [-0.2, -0.15) is 0 Å². The van der Waals surface area contributed by atoms with Crippen LogP contribution in [0.5, 0.6) is 0 Å². The Morgan fingerprint density at radius 1 is 1.08 bits per heavy atom. The molecule has 0 atom stereocenters. The number of nitrogens with zero attached hydrogens (tertiary/aromatic N) is 4. The molecule has 3 heterocycles. The third-order valence-electron chi connectivity index (χ3n) is 4.95. The maximum Gasteiger partial charge on any atom is 0.419 e. The molecule has 26 heavy (non-hydrogen) atoms. The van der Waals surface area contributed by atoms with E-state index in [1.807, 2.05) is 48.8 Å². The summed E-state index contributed by atoms with van der Waals surface area (Å²) in [5, 5.41) is 0. The van der Waals surface area contributed by atoms with Crippen LogP contribution in [-0.4, -0.2) is 40.6 Å². The smallest absolute Gasteiger partial charge is 0.408 e. The predicted molar refractivity (Wildman–Crippen MR) is 102 cm³/mol. The number of para-hydroxylation sites is 2. The number of aromatic nitrogens is 2. The summed E-state index contributed by atoms with van der Waals surface area (Å²) in [6, 6.07) is 11.6. The van der Waals surface area contributed by atoms with Crippen molar-refractivity contribution in [2.75, 3.05) is 31.1 Å². The molecule has 3 aromatic rings. The molecule has 1 saturated heterocycles. The average molecular weight is 350 g/mol. The van der Waals surface area contributed by atoms with Crippen LogP contribution in [-0.2, 0) is 6.54 Å². The van der Waals surface area contributed by atoms with Crippen LogP contribution in [0, 0.1) is 0 Å². The molecule has 4 rings (SSSR count). The van der Waals surface area contributed by atoms with Gasteiger partial charge in [0.1, 0.15) is 0 Å². The van der Waals surface area contributed by atoms with Gasteiger partial charge < -0.3 is 14.2 Å². The summed E-state index contributed by atoms with van der Waals surface area (Å²) in [7, 11) is 0. The van der Waals surface area contributed by atoms with Gasteiger partial charge in [0.05, 0.1) is 5.52 Å². The Labute approximate surface area is 152 Å². The van der Waals surface area contributed by atoms with Gasteiger partial charge in [-0.25, -0.2) is 4.79 Å². The summed E-state index contributed by atoms with van der Waals surface area (Å²) in [4.78, 5) is 20.8. The van der Waals surface area contributed by atoms with Crippen LogP contribution in [0.1, 0.15) is 6.42 Å². The standard InChI is InChI=1S/C20H22N4O2/c1-16(8-11-24-18-4-2-3-5-19(18)26-20(24)25)22-12-14-23(15-13-22)17-6-9-21-10-7-17/h2-7,9-10H,1,8,11-15H2. The van der Waals surface area contributed by atoms with Crippen molar-refractivity contribution in [3.8, 4) is 0 Å². The zero-order valence-corrected chi connectivity index (χ0v) is 14.7. The van der Waals surface area contributed by atoms with Gasteiger partial charge in [-0.15, -0.1) is 0 Å². The molecule has 6 heteroatoms. The summed E-state index contributed by atoms with van der Waals surface area (Å²) in [5.41, 5.74) is 3.75. The van der Waals surface area contributed by atoms with E-state index in [1.54, 1.807) is 4.57 Å². The lowest BCUT2D eigenvalue weighted by atomic mass is 10.2. The third kappa shape index (κ3) is 3.22. The Bertz CT molecular complexity index is 953. The number of anilines is 1. The Kier molecular flexibility index (Phi) is 4.48. The minimum Gasteiger partial charge on any atom is -0.408 e. The van der Waals surface area contributed by atoms with Gasteiger partial charge in [0, 0.05) is 62.9 Å². The van der Waals surface area contributed by atoms with Gasteiger partial charge in [-0.1, -0.05) is 18.7 Å². The molecule has 1 aliphatic rings. The molecule has 0 aliphatic carbocycles. The summed E-state index contributed by atoms with van der Waals surface area (Å²) in [6.45, 7) is 8.60. The van der Waals surface area contributed by atoms with Crippen LogP contribution in [0.3, 0.4) is 0 Å². The highest BCUT2D eigenvalue weighted by atomic mass is 16.4. The molecular weight excluding hydrogens is 328 g/mol. The summed E-state index contributed by atoms with van der Waals surface area (Å²) >= 11 is 0. The quantitative estimate of drug-likeness (QED) is 0.708. The van der Waals surface area contributed by atoms with Crippen LogP contribution in [0.25, 0.3) is 11.1 Å². The monoisotopic (exact) mass is 350 g/mol. The second kappa shape index (κ2) is 7.07. The van der Waals surface area contributed by atoms with Gasteiger partial charge in [-0.05, 0) is 24.3 Å². The van der Waals surface area contributed by atoms with Gasteiger partial charge in [0.25, 0.3) is 0 Å². The first-order valence-corrected chi connectivity index (χ1v) is 8.88. The van der Waals surface area contributed by atoms with Gasteiger partial charge in [0.2, 0.25) is 0 Å². The van der Waals surface area contributed by atoms with E-state index in [0.717, 1.165) is 43.8 Å². The average Bonchev–Trinajstić information content (AvgIpc) is 3.02. The van der Waals surface area contributed by atoms with E-state index in [0.29, 0.717) is 12.1 Å². The Balaban J connectivity index is 1.36. The molecular formula is C20H22N4O2. The van der Waals surface area contributed by atoms with E-state index >= 15 is 0 Å². The molecule has 0 saturated carbocycles. The molecule has 0 amide bonds. The molecule has 0 spiro atoms. The molecule has 1 aromatic carbocycles. The normalized spacial score (nSPS) is 14.8.